The van der Waals surface area contributed by atoms with Crippen LogP contribution >= 0.6 is 11.8 Å². The Balaban J connectivity index is 1.66. The molecule has 0 aromatic heterocycles. The molecule has 19 heavy (non-hydrogen) atoms. The van der Waals surface area contributed by atoms with E-state index in [2.05, 4.69) is 17.3 Å². The minimum atomic E-state index is -0.105. The predicted molar refractivity (Wildman–Crippen MR) is 80.2 cm³/mol. The lowest BCUT2D eigenvalue weighted by Gasteiger charge is -2.27. The van der Waals surface area contributed by atoms with E-state index in [0.717, 1.165) is 36.2 Å². The zero-order valence-corrected chi connectivity index (χ0v) is 12.4. The molecule has 4 heteroatoms. The number of nitrogens with zero attached hydrogens (tertiary/aromatic N) is 1. The summed E-state index contributed by atoms with van der Waals surface area (Å²) in [6, 6.07) is 7.01. The van der Waals surface area contributed by atoms with Crippen LogP contribution in [0.3, 0.4) is 0 Å². The van der Waals surface area contributed by atoms with Crippen molar-refractivity contribution in [3.05, 3.63) is 30.1 Å². The predicted octanol–water partition coefficient (Wildman–Crippen LogP) is 2.85. The quantitative estimate of drug-likeness (QED) is 0.808. The molecule has 1 aliphatic rings. The van der Waals surface area contributed by atoms with Crippen LogP contribution in [0.5, 0.6) is 0 Å². The van der Waals surface area contributed by atoms with Crippen LogP contribution in [-0.2, 0) is 0 Å². The van der Waals surface area contributed by atoms with Crippen molar-refractivity contribution in [1.82, 2.24) is 10.2 Å². The van der Waals surface area contributed by atoms with Gasteiger partial charge in [-0.15, -0.1) is 11.8 Å². The molecular weight excluding hydrogens is 259 g/mol. The van der Waals surface area contributed by atoms with Gasteiger partial charge in [-0.25, -0.2) is 4.39 Å². The Labute approximate surface area is 119 Å². The smallest absolute Gasteiger partial charge is 0.136 e. The number of piperidine rings is 1. The van der Waals surface area contributed by atoms with E-state index in [-0.39, 0.29) is 5.82 Å². The van der Waals surface area contributed by atoms with Crippen LogP contribution in [0.4, 0.5) is 4.39 Å². The minimum Gasteiger partial charge on any atom is -0.316 e. The average Bonchev–Trinajstić information content (AvgIpc) is 2.42. The van der Waals surface area contributed by atoms with Gasteiger partial charge in [-0.3, -0.25) is 0 Å². The molecule has 0 saturated carbocycles. The van der Waals surface area contributed by atoms with Crippen LogP contribution in [0.1, 0.15) is 12.8 Å². The van der Waals surface area contributed by atoms with Crippen molar-refractivity contribution in [1.29, 1.82) is 0 Å². The molecule has 2 rings (SSSR count). The number of halogens is 1. The summed E-state index contributed by atoms with van der Waals surface area (Å²) in [5.74, 6) is 1.61. The number of nitrogens with one attached hydrogen (secondary N) is 1. The second-order valence-electron chi connectivity index (χ2n) is 5.25. The van der Waals surface area contributed by atoms with Crippen LogP contribution < -0.4 is 5.32 Å². The molecule has 1 atom stereocenters. The summed E-state index contributed by atoms with van der Waals surface area (Å²) in [5, 5.41) is 3.45. The second-order valence-corrected chi connectivity index (χ2v) is 6.39. The second kappa shape index (κ2) is 7.88. The topological polar surface area (TPSA) is 15.3 Å². The monoisotopic (exact) mass is 282 g/mol. The van der Waals surface area contributed by atoms with Gasteiger partial charge in [0.05, 0.1) is 0 Å². The average molecular weight is 282 g/mol. The third kappa shape index (κ3) is 5.13. The Bertz CT molecular complexity index is 380. The summed E-state index contributed by atoms with van der Waals surface area (Å²) >= 11 is 1.61. The van der Waals surface area contributed by atoms with E-state index in [4.69, 9.17) is 0 Å². The fraction of sp³-hybridized carbons (Fsp3) is 0.600. The summed E-state index contributed by atoms with van der Waals surface area (Å²) in [6.07, 6.45) is 2.63. The van der Waals surface area contributed by atoms with Crippen molar-refractivity contribution in [2.45, 2.75) is 17.7 Å². The van der Waals surface area contributed by atoms with Gasteiger partial charge >= 0.3 is 0 Å². The van der Waals surface area contributed by atoms with Crippen molar-refractivity contribution >= 4 is 11.8 Å². The lowest BCUT2D eigenvalue weighted by Crippen LogP contribution is -2.37. The lowest BCUT2D eigenvalue weighted by atomic mass is 9.99. The molecular formula is C15H23FN2S. The summed E-state index contributed by atoms with van der Waals surface area (Å²) in [6.45, 7) is 4.47. The zero-order chi connectivity index (χ0) is 13.5. The van der Waals surface area contributed by atoms with Gasteiger partial charge < -0.3 is 10.2 Å². The third-order valence-corrected chi connectivity index (χ3v) is 4.56. The molecule has 0 bridgehead atoms. The van der Waals surface area contributed by atoms with Crippen LogP contribution in [0.25, 0.3) is 0 Å². The van der Waals surface area contributed by atoms with Gasteiger partial charge in [0.15, 0.2) is 0 Å². The fourth-order valence-corrected chi connectivity index (χ4v) is 3.49. The van der Waals surface area contributed by atoms with Crippen molar-refractivity contribution in [2.24, 2.45) is 5.92 Å². The van der Waals surface area contributed by atoms with E-state index < -0.39 is 0 Å². The molecule has 2 nitrogen and oxygen atoms in total. The summed E-state index contributed by atoms with van der Waals surface area (Å²) in [7, 11) is 2.16. The Morgan fingerprint density at radius 3 is 3.00 bits per heavy atom. The molecule has 106 valence electrons. The first-order valence-electron chi connectivity index (χ1n) is 7.02. The highest BCUT2D eigenvalue weighted by molar-refractivity contribution is 7.99. The third-order valence-electron chi connectivity index (χ3n) is 3.54. The number of thioether (sulfide) groups is 1. The van der Waals surface area contributed by atoms with Crippen LogP contribution in [0.15, 0.2) is 29.2 Å². The molecule has 0 radical (unpaired) electrons. The first-order valence-corrected chi connectivity index (χ1v) is 8.01. The molecule has 0 amide bonds. The minimum absolute atomic E-state index is 0.105. The number of rotatable bonds is 6. The van der Waals surface area contributed by atoms with Crippen molar-refractivity contribution in [3.8, 4) is 0 Å². The van der Waals surface area contributed by atoms with Crippen molar-refractivity contribution < 1.29 is 4.39 Å². The molecule has 1 aromatic carbocycles. The summed E-state index contributed by atoms with van der Waals surface area (Å²) in [5.41, 5.74) is 0. The van der Waals surface area contributed by atoms with E-state index in [9.17, 15) is 4.39 Å². The fourth-order valence-electron chi connectivity index (χ4n) is 2.49. The molecule has 1 saturated heterocycles. The van der Waals surface area contributed by atoms with Gasteiger partial charge in [0.2, 0.25) is 0 Å². The van der Waals surface area contributed by atoms with Crippen LogP contribution in [0.2, 0.25) is 0 Å². The highest BCUT2D eigenvalue weighted by Gasteiger charge is 2.14. The molecule has 1 N–H and O–H groups in total. The first-order chi connectivity index (χ1) is 9.25. The first kappa shape index (κ1) is 14.8. The van der Waals surface area contributed by atoms with Gasteiger partial charge in [0.1, 0.15) is 5.82 Å². The molecule has 1 aliphatic heterocycles. The highest BCUT2D eigenvalue weighted by atomic mass is 32.2. The molecule has 1 fully saturated rings. The molecule has 1 unspecified atom stereocenters. The van der Waals surface area contributed by atoms with E-state index in [1.165, 1.54) is 25.5 Å². The van der Waals surface area contributed by atoms with E-state index in [0.29, 0.717) is 0 Å². The maximum Gasteiger partial charge on any atom is 0.136 e. The largest absolute Gasteiger partial charge is 0.316 e. The number of benzene rings is 1. The number of hydrogen-bond donors (Lipinski definition) is 1. The zero-order valence-electron chi connectivity index (χ0n) is 11.6. The Morgan fingerprint density at radius 2 is 2.26 bits per heavy atom. The van der Waals surface area contributed by atoms with Gasteiger partial charge in [-0.2, -0.15) is 0 Å². The lowest BCUT2D eigenvalue weighted by molar-refractivity contribution is 0.253. The standard InChI is InChI=1S/C15H23FN2S/c1-18(12-13-5-4-8-17-11-13)9-10-19-15-7-3-2-6-14(15)16/h2-3,6-7,13,17H,4-5,8-12H2,1H3. The SMILES string of the molecule is CN(CCSc1ccccc1F)CC1CCCNC1. The van der Waals surface area contributed by atoms with E-state index >= 15 is 0 Å². The van der Waals surface area contributed by atoms with Gasteiger partial charge in [-0.05, 0) is 51.0 Å². The Hall–Kier alpha value is -0.580. The maximum absolute atomic E-state index is 13.4. The maximum atomic E-state index is 13.4. The van der Waals surface area contributed by atoms with Crippen molar-refractivity contribution in [3.63, 3.8) is 0 Å². The Morgan fingerprint density at radius 1 is 1.42 bits per heavy atom. The normalized spacial score (nSPS) is 19.8. The molecule has 0 spiro atoms. The van der Waals surface area contributed by atoms with Crippen LogP contribution in [0, 0.1) is 11.7 Å². The highest BCUT2D eigenvalue weighted by Crippen LogP contribution is 2.21. The van der Waals surface area contributed by atoms with Gasteiger partial charge in [0.25, 0.3) is 0 Å². The summed E-state index contributed by atoms with van der Waals surface area (Å²) < 4.78 is 13.4. The van der Waals surface area contributed by atoms with Gasteiger partial charge in [0, 0.05) is 23.7 Å². The molecule has 0 aliphatic carbocycles. The van der Waals surface area contributed by atoms with Crippen LogP contribution in [-0.4, -0.2) is 43.9 Å². The van der Waals surface area contributed by atoms with E-state index in [1.807, 2.05) is 12.1 Å². The molecule has 1 heterocycles. The Kier molecular flexibility index (Phi) is 6.14. The van der Waals surface area contributed by atoms with E-state index in [1.54, 1.807) is 17.8 Å². The van der Waals surface area contributed by atoms with Crippen molar-refractivity contribution in [2.75, 3.05) is 39.0 Å². The number of hydrogen-bond acceptors (Lipinski definition) is 3. The summed E-state index contributed by atoms with van der Waals surface area (Å²) in [4.78, 5) is 3.13. The molecule has 1 aromatic rings. The van der Waals surface area contributed by atoms with Gasteiger partial charge in [-0.1, -0.05) is 12.1 Å².